The van der Waals surface area contributed by atoms with E-state index >= 15 is 0 Å². The average Bonchev–Trinajstić information content (AvgIpc) is 3.32. The molecule has 7 heteroatoms. The highest BCUT2D eigenvalue weighted by Gasteiger charge is 2.63. The van der Waals surface area contributed by atoms with Crippen molar-refractivity contribution >= 4 is 35.0 Å². The van der Waals surface area contributed by atoms with Gasteiger partial charge in [-0.1, -0.05) is 48.5 Å². The predicted octanol–water partition coefficient (Wildman–Crippen LogP) is 5.41. The summed E-state index contributed by atoms with van der Waals surface area (Å²) < 4.78 is 13.7. The lowest BCUT2D eigenvalue weighted by Gasteiger charge is -2.36. The summed E-state index contributed by atoms with van der Waals surface area (Å²) in [5.74, 6) is 0.0282. The Morgan fingerprint density at radius 1 is 0.919 bits per heavy atom. The minimum Gasteiger partial charge on any atom is -0.295 e. The van der Waals surface area contributed by atoms with Gasteiger partial charge in [0.1, 0.15) is 5.82 Å². The molecule has 3 aliphatic heterocycles. The van der Waals surface area contributed by atoms with Crippen molar-refractivity contribution < 1.29 is 14.0 Å². The van der Waals surface area contributed by atoms with Crippen molar-refractivity contribution in [3.8, 4) is 0 Å². The Hall–Kier alpha value is -3.16. The van der Waals surface area contributed by atoms with Crippen molar-refractivity contribution in [2.45, 2.75) is 36.3 Å². The zero-order valence-corrected chi connectivity index (χ0v) is 21.7. The van der Waals surface area contributed by atoms with Crippen LogP contribution in [0, 0.1) is 11.7 Å². The molecule has 3 aromatic carbocycles. The van der Waals surface area contributed by atoms with E-state index in [-0.39, 0.29) is 17.6 Å². The molecule has 0 aromatic heterocycles. The van der Waals surface area contributed by atoms with Gasteiger partial charge < -0.3 is 0 Å². The van der Waals surface area contributed by atoms with Crippen LogP contribution in [0.5, 0.6) is 0 Å². The summed E-state index contributed by atoms with van der Waals surface area (Å²) >= 11 is 1.38. The summed E-state index contributed by atoms with van der Waals surface area (Å²) in [6, 6.07) is 24.3. The average molecular weight is 516 g/mol. The van der Waals surface area contributed by atoms with Crippen LogP contribution in [0.15, 0.2) is 78.9 Å². The van der Waals surface area contributed by atoms with E-state index in [0.717, 1.165) is 43.6 Å². The highest BCUT2D eigenvalue weighted by Crippen LogP contribution is 2.57. The van der Waals surface area contributed by atoms with Gasteiger partial charge in [0.2, 0.25) is 10.8 Å². The molecule has 0 bridgehead atoms. The molecule has 2 amide bonds. The number of piperidine rings is 1. The van der Waals surface area contributed by atoms with Crippen molar-refractivity contribution in [1.29, 1.82) is 0 Å². The molecule has 2 atom stereocenters. The van der Waals surface area contributed by atoms with Crippen molar-refractivity contribution in [3.63, 3.8) is 0 Å². The van der Waals surface area contributed by atoms with Gasteiger partial charge in [0.25, 0.3) is 5.91 Å². The molecule has 0 N–H and O–H groups in total. The van der Waals surface area contributed by atoms with Crippen LogP contribution >= 0.6 is 11.8 Å². The molecule has 2 unspecified atom stereocenters. The van der Waals surface area contributed by atoms with Gasteiger partial charge in [-0.15, -0.1) is 11.8 Å². The molecule has 5 nitrogen and oxygen atoms in total. The Kier molecular flexibility index (Phi) is 6.29. The van der Waals surface area contributed by atoms with E-state index in [4.69, 9.17) is 0 Å². The first kappa shape index (κ1) is 24.2. The Labute approximate surface area is 221 Å². The number of carbonyl (C=O) groups is 2. The molecule has 3 aromatic rings. The molecule has 190 valence electrons. The van der Waals surface area contributed by atoms with Crippen molar-refractivity contribution in [1.82, 2.24) is 4.90 Å². The first-order chi connectivity index (χ1) is 18.0. The second kappa shape index (κ2) is 9.62. The molecule has 3 heterocycles. The van der Waals surface area contributed by atoms with Crippen LogP contribution in [-0.4, -0.2) is 41.7 Å². The van der Waals surface area contributed by atoms with Crippen LogP contribution in [0.3, 0.4) is 0 Å². The number of amides is 2. The minimum atomic E-state index is -1.18. The zero-order chi connectivity index (χ0) is 25.6. The summed E-state index contributed by atoms with van der Waals surface area (Å²) in [7, 11) is 0. The number of halogens is 1. The molecule has 3 aliphatic rings. The molecular weight excluding hydrogens is 485 g/mol. The highest BCUT2D eigenvalue weighted by atomic mass is 32.2. The van der Waals surface area contributed by atoms with Gasteiger partial charge in [-0.2, -0.15) is 0 Å². The van der Waals surface area contributed by atoms with Gasteiger partial charge in [0.05, 0.1) is 17.6 Å². The van der Waals surface area contributed by atoms with Crippen LogP contribution in [0.4, 0.5) is 15.8 Å². The van der Waals surface area contributed by atoms with Gasteiger partial charge in [0.15, 0.2) is 0 Å². The van der Waals surface area contributed by atoms with Gasteiger partial charge in [-0.05, 0) is 68.0 Å². The lowest BCUT2D eigenvalue weighted by molar-refractivity contribution is -0.124. The fourth-order valence-electron chi connectivity index (χ4n) is 5.95. The molecule has 0 aliphatic carbocycles. The lowest BCUT2D eigenvalue weighted by atomic mass is 9.90. The third-order valence-electron chi connectivity index (χ3n) is 7.83. The van der Waals surface area contributed by atoms with Gasteiger partial charge in [0, 0.05) is 24.3 Å². The Balaban J connectivity index is 1.26. The molecule has 6 rings (SSSR count). The molecular formula is C30H30FN3O2S. The summed E-state index contributed by atoms with van der Waals surface area (Å²) in [6.45, 7) is 4.20. The molecule has 0 saturated carbocycles. The Morgan fingerprint density at radius 2 is 1.59 bits per heavy atom. The third-order valence-corrected chi connectivity index (χ3v) is 9.30. The SMILES string of the molecule is CC1SC2(C(=O)N(CN3CCC(Cc4ccccc4)CC3)c3ccccc32)N(c2ccc(F)cc2)C1=O. The van der Waals surface area contributed by atoms with Gasteiger partial charge in [-0.25, -0.2) is 4.39 Å². The van der Waals surface area contributed by atoms with E-state index in [2.05, 4.69) is 35.2 Å². The van der Waals surface area contributed by atoms with E-state index < -0.39 is 10.1 Å². The van der Waals surface area contributed by atoms with E-state index in [0.29, 0.717) is 18.3 Å². The number of rotatable bonds is 5. The lowest BCUT2D eigenvalue weighted by Crippen LogP contribution is -2.52. The molecule has 2 saturated heterocycles. The van der Waals surface area contributed by atoms with Crippen LogP contribution in [0.1, 0.15) is 30.9 Å². The number of thioether (sulfide) groups is 1. The smallest absolute Gasteiger partial charge is 0.269 e. The normalized spacial score (nSPS) is 24.3. The van der Waals surface area contributed by atoms with E-state index in [1.807, 2.05) is 36.1 Å². The fraction of sp³-hybridized carbons (Fsp3) is 0.333. The van der Waals surface area contributed by atoms with Gasteiger partial charge >= 0.3 is 0 Å². The molecule has 37 heavy (non-hydrogen) atoms. The number of carbonyl (C=O) groups excluding carboxylic acids is 2. The number of anilines is 2. The monoisotopic (exact) mass is 515 g/mol. The maximum absolute atomic E-state index is 14.3. The molecule has 0 radical (unpaired) electrons. The highest BCUT2D eigenvalue weighted by molar-refractivity contribution is 8.03. The standard InChI is InChI=1S/C30H30FN3O2S/c1-21-28(35)34(25-13-11-24(31)12-14-25)30(37-21)26-9-5-6-10-27(26)33(29(30)36)20-32-17-15-23(16-18-32)19-22-7-3-2-4-8-22/h2-14,21,23H,15-20H2,1H3. The molecule has 2 fully saturated rings. The summed E-state index contributed by atoms with van der Waals surface area (Å²) in [5.41, 5.74) is 3.59. The summed E-state index contributed by atoms with van der Waals surface area (Å²) in [5, 5.41) is -0.393. The maximum atomic E-state index is 14.3. The number of benzene rings is 3. The van der Waals surface area contributed by atoms with Crippen LogP contribution < -0.4 is 9.80 Å². The van der Waals surface area contributed by atoms with E-state index in [1.165, 1.54) is 29.5 Å². The predicted molar refractivity (Wildman–Crippen MR) is 146 cm³/mol. The second-order valence-corrected chi connectivity index (χ2v) is 11.7. The number of nitrogens with zero attached hydrogens (tertiary/aromatic N) is 3. The topological polar surface area (TPSA) is 43.9 Å². The largest absolute Gasteiger partial charge is 0.295 e. The fourth-order valence-corrected chi connectivity index (χ4v) is 7.48. The second-order valence-electron chi connectivity index (χ2n) is 10.2. The Bertz CT molecular complexity index is 1310. The van der Waals surface area contributed by atoms with E-state index in [9.17, 15) is 14.0 Å². The minimum absolute atomic E-state index is 0.105. The maximum Gasteiger partial charge on any atom is 0.269 e. The van der Waals surface area contributed by atoms with Crippen LogP contribution in [0.2, 0.25) is 0 Å². The number of para-hydroxylation sites is 1. The van der Waals surface area contributed by atoms with Crippen molar-refractivity contribution in [2.75, 3.05) is 29.6 Å². The van der Waals surface area contributed by atoms with Crippen LogP contribution in [0.25, 0.3) is 0 Å². The number of likely N-dealkylation sites (tertiary alicyclic amines) is 1. The number of hydrogen-bond donors (Lipinski definition) is 0. The summed E-state index contributed by atoms with van der Waals surface area (Å²) in [6.07, 6.45) is 3.28. The zero-order valence-electron chi connectivity index (χ0n) is 20.8. The van der Waals surface area contributed by atoms with Crippen LogP contribution in [-0.2, 0) is 20.9 Å². The number of hydrogen-bond acceptors (Lipinski definition) is 4. The van der Waals surface area contributed by atoms with Gasteiger partial charge in [-0.3, -0.25) is 24.3 Å². The van der Waals surface area contributed by atoms with E-state index in [1.54, 1.807) is 17.0 Å². The quantitative estimate of drug-likeness (QED) is 0.456. The van der Waals surface area contributed by atoms with Crippen molar-refractivity contribution in [2.24, 2.45) is 5.92 Å². The first-order valence-corrected chi connectivity index (χ1v) is 13.8. The third kappa shape index (κ3) is 4.14. The first-order valence-electron chi connectivity index (χ1n) is 12.9. The Morgan fingerprint density at radius 3 is 2.32 bits per heavy atom. The number of fused-ring (bicyclic) bond motifs is 2. The summed E-state index contributed by atoms with van der Waals surface area (Å²) in [4.78, 5) is 32.3. The van der Waals surface area contributed by atoms with Crippen molar-refractivity contribution in [3.05, 3.63) is 95.8 Å². The molecule has 1 spiro atoms.